The largest absolute Gasteiger partial charge is 0.519 e. The quantitative estimate of drug-likeness (QED) is 0.0428. The molecule has 0 aromatic carbocycles. The molecule has 0 fully saturated rings. The van der Waals surface area contributed by atoms with Crippen molar-refractivity contribution in [3.8, 4) is 0 Å². The highest BCUT2D eigenvalue weighted by molar-refractivity contribution is 6.64. The molecule has 0 N–H and O–H groups in total. The highest BCUT2D eigenvalue weighted by Crippen LogP contribution is 2.53. The van der Waals surface area contributed by atoms with Gasteiger partial charge in [-0.3, -0.25) is 4.43 Å². The van der Waals surface area contributed by atoms with Crippen LogP contribution >= 0.6 is 0 Å². The molecule has 308 valence electrons. The molecule has 2 atom stereocenters. The van der Waals surface area contributed by atoms with Gasteiger partial charge in [0, 0.05) is 67.5 Å². The van der Waals surface area contributed by atoms with Gasteiger partial charge in [-0.05, 0) is 51.7 Å². The van der Waals surface area contributed by atoms with Gasteiger partial charge in [-0.15, -0.1) is 0 Å². The van der Waals surface area contributed by atoms with Crippen LogP contribution in [0.3, 0.4) is 0 Å². The second kappa shape index (κ2) is 30.8. The third kappa shape index (κ3) is 19.2. The van der Waals surface area contributed by atoms with Gasteiger partial charge in [0.25, 0.3) is 5.97 Å². The molecule has 0 amide bonds. The van der Waals surface area contributed by atoms with Crippen LogP contribution in [0, 0.1) is 5.92 Å². The lowest BCUT2D eigenvalue weighted by Crippen LogP contribution is -2.68. The monoisotopic (exact) mass is 791 g/mol. The van der Waals surface area contributed by atoms with Crippen LogP contribution < -0.4 is 0 Å². The topological polar surface area (TPSA) is 83.1 Å². The molecule has 0 aromatic rings. The first-order valence-electron chi connectivity index (χ1n) is 18.8. The summed E-state index contributed by atoms with van der Waals surface area (Å²) in [5.74, 6) is -2.36. The SMILES string of the molecule is CCCCCCCCC(CCCCCCCC)(OC)O[Si](OC(C)(OC)OC)(OC(OC)(OC)OC)C(C)(C)C(C)CCCCCC.[SiH4].[SiH4].[SiH4]. The third-order valence-electron chi connectivity index (χ3n) is 10.1. The van der Waals surface area contributed by atoms with E-state index < -0.39 is 31.8 Å². The molecule has 0 aliphatic rings. The molecule has 0 radical (unpaired) electrons. The number of ether oxygens (including phenoxy) is 6. The molecule has 50 heavy (non-hydrogen) atoms. The van der Waals surface area contributed by atoms with Gasteiger partial charge in [-0.1, -0.05) is 138 Å². The maximum absolute atomic E-state index is 7.48. The van der Waals surface area contributed by atoms with Gasteiger partial charge in [0.2, 0.25) is 0 Å². The number of hydrogen-bond donors (Lipinski definition) is 0. The summed E-state index contributed by atoms with van der Waals surface area (Å²) in [5, 5.41) is -0.690. The summed E-state index contributed by atoms with van der Waals surface area (Å²) in [6.07, 6.45) is 19.0. The van der Waals surface area contributed by atoms with Crippen molar-refractivity contribution in [2.45, 2.75) is 193 Å². The molecule has 0 aromatic heterocycles. The molecule has 0 heterocycles. The van der Waals surface area contributed by atoms with Crippen molar-refractivity contribution in [1.82, 2.24) is 0 Å². The molecule has 0 saturated heterocycles. The summed E-state index contributed by atoms with van der Waals surface area (Å²) in [6, 6.07) is 0. The first-order valence-corrected chi connectivity index (χ1v) is 20.5. The fourth-order valence-corrected chi connectivity index (χ4v) is 9.69. The van der Waals surface area contributed by atoms with E-state index in [-0.39, 0.29) is 38.8 Å². The van der Waals surface area contributed by atoms with Crippen LogP contribution in [0.5, 0.6) is 0 Å². The predicted octanol–water partition coefficient (Wildman–Crippen LogP) is 6.37. The summed E-state index contributed by atoms with van der Waals surface area (Å²) >= 11 is 0. The van der Waals surface area contributed by atoms with Gasteiger partial charge in [0.05, 0.1) is 0 Å². The highest BCUT2D eigenvalue weighted by Gasteiger charge is 2.68. The van der Waals surface area contributed by atoms with E-state index in [2.05, 4.69) is 41.5 Å². The lowest BCUT2D eigenvalue weighted by molar-refractivity contribution is -0.469. The Hall–Kier alpha value is 0.508. The molecule has 0 bridgehead atoms. The molecule has 0 spiro atoms. The van der Waals surface area contributed by atoms with Crippen LogP contribution in [-0.2, 0) is 41.7 Å². The van der Waals surface area contributed by atoms with Gasteiger partial charge in [0.1, 0.15) is 0 Å². The van der Waals surface area contributed by atoms with Crippen LogP contribution in [0.25, 0.3) is 0 Å². The molecule has 0 aliphatic carbocycles. The summed E-state index contributed by atoms with van der Waals surface area (Å²) in [4.78, 5) is 0. The first kappa shape index (κ1) is 57.2. The fraction of sp³-hybridized carbons (Fsp3) is 1.00. The Morgan fingerprint density at radius 2 is 0.840 bits per heavy atom. The van der Waals surface area contributed by atoms with Gasteiger partial charge < -0.3 is 37.3 Å². The molecular weight excluding hydrogens is 701 g/mol. The zero-order valence-corrected chi connectivity index (χ0v) is 34.2. The van der Waals surface area contributed by atoms with E-state index in [9.17, 15) is 0 Å². The van der Waals surface area contributed by atoms with Crippen molar-refractivity contribution in [1.29, 1.82) is 0 Å². The van der Waals surface area contributed by atoms with E-state index in [0.717, 1.165) is 44.9 Å². The first-order chi connectivity index (χ1) is 22.3. The predicted molar refractivity (Wildman–Crippen MR) is 227 cm³/mol. The van der Waals surface area contributed by atoms with E-state index >= 15 is 0 Å². The fourth-order valence-electron chi connectivity index (χ4n) is 6.01. The van der Waals surface area contributed by atoms with Gasteiger partial charge in [-0.25, -0.2) is 0 Å². The van der Waals surface area contributed by atoms with E-state index in [1.807, 2.05) is 0 Å². The standard InChI is InChI=1S/C37H78O9Si.3H4Si/c1-14-17-20-23-25-28-31-36(40-10,32-29-26-24-21-18-15-2)45-47(44-35(7,38-8)39-9,46-37(41-11,42-12)43-13)34(5,6)33(4)30-27-22-19-16-3;;;/h33H,14-32H2,1-13H3;3*1H4. The number of methoxy groups -OCH3 is 6. The Labute approximate surface area is 324 Å². The maximum Gasteiger partial charge on any atom is 0.519 e. The van der Waals surface area contributed by atoms with Crippen molar-refractivity contribution in [2.75, 3.05) is 42.7 Å². The van der Waals surface area contributed by atoms with Crippen LogP contribution in [0.1, 0.15) is 170 Å². The van der Waals surface area contributed by atoms with Crippen LogP contribution in [0.2, 0.25) is 5.04 Å². The summed E-state index contributed by atoms with van der Waals surface area (Å²) in [6.45, 7) is 15.0. The van der Waals surface area contributed by atoms with Crippen LogP contribution in [0.15, 0.2) is 0 Å². The molecular formula is C37H90O9Si4. The normalized spacial score (nSPS) is 14.3. The van der Waals surface area contributed by atoms with E-state index in [1.54, 1.807) is 28.3 Å². The third-order valence-corrected chi connectivity index (χ3v) is 14.0. The Balaban J connectivity index is -0.00000353. The maximum atomic E-state index is 7.48. The average molecular weight is 791 g/mol. The number of unbranched alkanes of at least 4 members (excludes halogenated alkanes) is 13. The minimum atomic E-state index is -4.10. The van der Waals surface area contributed by atoms with E-state index in [0.29, 0.717) is 12.8 Å². The molecule has 2 unspecified atom stereocenters. The van der Waals surface area contributed by atoms with Crippen LogP contribution in [-0.4, -0.2) is 102 Å². The Morgan fingerprint density at radius 3 is 1.20 bits per heavy atom. The van der Waals surface area contributed by atoms with Gasteiger partial charge >= 0.3 is 15.0 Å². The van der Waals surface area contributed by atoms with Crippen molar-refractivity contribution >= 4 is 41.7 Å². The molecule has 0 aliphatic heterocycles. The molecule has 0 rings (SSSR count). The minimum Gasteiger partial charge on any atom is -0.354 e. The number of hydrogen-bond acceptors (Lipinski definition) is 9. The van der Waals surface area contributed by atoms with Crippen LogP contribution in [0.4, 0.5) is 0 Å². The van der Waals surface area contributed by atoms with E-state index in [1.165, 1.54) is 85.5 Å². The van der Waals surface area contributed by atoms with Crippen molar-refractivity contribution in [3.63, 3.8) is 0 Å². The van der Waals surface area contributed by atoms with Gasteiger partial charge in [-0.2, -0.15) is 0 Å². The summed E-state index contributed by atoms with van der Waals surface area (Å²) in [5.41, 5.74) is 0. The second-order valence-electron chi connectivity index (χ2n) is 13.9. The lowest BCUT2D eigenvalue weighted by atomic mass is 9.91. The summed E-state index contributed by atoms with van der Waals surface area (Å²) < 4.78 is 56.9. The Morgan fingerprint density at radius 1 is 0.460 bits per heavy atom. The second-order valence-corrected chi connectivity index (χ2v) is 16.9. The smallest absolute Gasteiger partial charge is 0.354 e. The Kier molecular flexibility index (Phi) is 35.2. The van der Waals surface area contributed by atoms with Crippen molar-refractivity contribution < 1.29 is 41.7 Å². The minimum absolute atomic E-state index is 0. The highest BCUT2D eigenvalue weighted by atomic mass is 28.4. The molecule has 9 nitrogen and oxygen atoms in total. The summed E-state index contributed by atoms with van der Waals surface area (Å²) in [7, 11) is 5.20. The Bertz CT molecular complexity index is 734. The zero-order valence-electron chi connectivity index (χ0n) is 33.2. The number of rotatable bonds is 33. The van der Waals surface area contributed by atoms with E-state index in [4.69, 9.17) is 41.7 Å². The zero-order chi connectivity index (χ0) is 35.9. The molecule has 0 saturated carbocycles. The lowest BCUT2D eigenvalue weighted by Gasteiger charge is -2.52. The molecule has 13 heteroatoms. The van der Waals surface area contributed by atoms with Crippen molar-refractivity contribution in [2.24, 2.45) is 5.92 Å². The van der Waals surface area contributed by atoms with Crippen molar-refractivity contribution in [3.05, 3.63) is 0 Å². The van der Waals surface area contributed by atoms with Gasteiger partial charge in [0.15, 0.2) is 5.79 Å². The average Bonchev–Trinajstić information content (AvgIpc) is 3.08.